The molecule has 0 saturated heterocycles. The summed E-state index contributed by atoms with van der Waals surface area (Å²) < 4.78 is 11.1. The van der Waals surface area contributed by atoms with Crippen LogP contribution in [0.3, 0.4) is 0 Å². The van der Waals surface area contributed by atoms with E-state index < -0.39 is 6.10 Å². The van der Waals surface area contributed by atoms with Crippen LogP contribution in [0.15, 0.2) is 65.6 Å². The molecule has 4 heteroatoms. The summed E-state index contributed by atoms with van der Waals surface area (Å²) in [6.07, 6.45) is 0.978. The van der Waals surface area contributed by atoms with Crippen molar-refractivity contribution in [1.82, 2.24) is 0 Å². The summed E-state index contributed by atoms with van der Waals surface area (Å²) in [6, 6.07) is 20.1. The maximum absolute atomic E-state index is 10.0. The summed E-state index contributed by atoms with van der Waals surface area (Å²) >= 11 is 1.68. The molecule has 0 amide bonds. The number of hydrogen-bond acceptors (Lipinski definition) is 4. The van der Waals surface area contributed by atoms with Crippen molar-refractivity contribution < 1.29 is 14.6 Å². The first-order valence-corrected chi connectivity index (χ1v) is 8.70. The van der Waals surface area contributed by atoms with Gasteiger partial charge in [0.15, 0.2) is 0 Å². The number of aliphatic hydroxyl groups excluding tert-OH is 1. The fraction of sp³-hybridized carbons (Fsp3) is 0.368. The Labute approximate surface area is 142 Å². The average Bonchev–Trinajstić information content (AvgIpc) is 2.60. The molecule has 3 nitrogen and oxygen atoms in total. The molecule has 2 aromatic carbocycles. The minimum atomic E-state index is -0.465. The highest BCUT2D eigenvalue weighted by atomic mass is 32.2. The van der Waals surface area contributed by atoms with Gasteiger partial charge in [-0.1, -0.05) is 60.3 Å². The number of rotatable bonds is 10. The van der Waals surface area contributed by atoms with Crippen molar-refractivity contribution in [2.75, 3.05) is 13.7 Å². The largest absolute Gasteiger partial charge is 0.391 e. The number of aliphatic hydroxyl groups is 1. The van der Waals surface area contributed by atoms with Crippen LogP contribution in [-0.4, -0.2) is 30.4 Å². The molecule has 0 fully saturated rings. The number of ether oxygens (including phenoxy) is 2. The highest BCUT2D eigenvalue weighted by molar-refractivity contribution is 7.99. The van der Waals surface area contributed by atoms with Gasteiger partial charge in [-0.3, -0.25) is 0 Å². The molecule has 0 aromatic heterocycles. The fourth-order valence-corrected chi connectivity index (χ4v) is 3.14. The van der Waals surface area contributed by atoms with Crippen LogP contribution in [0.1, 0.15) is 18.4 Å². The summed E-state index contributed by atoms with van der Waals surface area (Å²) in [5.41, 5.74) is 1.16. The topological polar surface area (TPSA) is 38.7 Å². The molecule has 0 aliphatic carbocycles. The Bertz CT molecular complexity index is 533. The van der Waals surface area contributed by atoms with Crippen molar-refractivity contribution >= 4 is 11.8 Å². The maximum atomic E-state index is 10.0. The Morgan fingerprint density at radius 3 is 2.26 bits per heavy atom. The van der Waals surface area contributed by atoms with Gasteiger partial charge < -0.3 is 14.6 Å². The highest BCUT2D eigenvalue weighted by Crippen LogP contribution is 2.26. The SMILES string of the molecule is COC(CC[C@H](O)COCc1ccccc1)Sc1ccccc1. The minimum absolute atomic E-state index is 0.0428. The Kier molecular flexibility index (Phi) is 8.18. The smallest absolute Gasteiger partial charge is 0.107 e. The Balaban J connectivity index is 1.65. The molecule has 1 unspecified atom stereocenters. The lowest BCUT2D eigenvalue weighted by Crippen LogP contribution is -2.18. The standard InChI is InChI=1S/C19H24O3S/c1-21-19(23-18-10-6-3-7-11-18)13-12-17(20)15-22-14-16-8-4-2-5-9-16/h2-11,17,19-20H,12-15H2,1H3/t17-,19?/m0/s1. The monoisotopic (exact) mass is 332 g/mol. The lowest BCUT2D eigenvalue weighted by atomic mass is 10.2. The van der Waals surface area contributed by atoms with E-state index in [1.54, 1.807) is 18.9 Å². The third-order valence-electron chi connectivity index (χ3n) is 3.43. The second-order valence-electron chi connectivity index (χ2n) is 5.33. The summed E-state index contributed by atoms with van der Waals surface area (Å²) in [5.74, 6) is 0. The minimum Gasteiger partial charge on any atom is -0.391 e. The quantitative estimate of drug-likeness (QED) is 0.525. The van der Waals surface area contributed by atoms with E-state index in [4.69, 9.17) is 9.47 Å². The van der Waals surface area contributed by atoms with E-state index in [0.29, 0.717) is 19.6 Å². The summed E-state index contributed by atoms with van der Waals surface area (Å²) in [6.45, 7) is 0.881. The van der Waals surface area contributed by atoms with Crippen LogP contribution < -0.4 is 0 Å². The van der Waals surface area contributed by atoms with Crippen LogP contribution in [0.4, 0.5) is 0 Å². The van der Waals surface area contributed by atoms with Crippen molar-refractivity contribution in [1.29, 1.82) is 0 Å². The third kappa shape index (κ3) is 7.18. The molecule has 2 rings (SSSR count). The van der Waals surface area contributed by atoms with E-state index in [-0.39, 0.29) is 5.44 Å². The highest BCUT2D eigenvalue weighted by Gasteiger charge is 2.13. The van der Waals surface area contributed by atoms with Gasteiger partial charge in [0.05, 0.1) is 19.3 Å². The van der Waals surface area contributed by atoms with E-state index in [1.807, 2.05) is 48.5 Å². The van der Waals surface area contributed by atoms with Crippen molar-refractivity contribution in [3.63, 3.8) is 0 Å². The first kappa shape index (κ1) is 18.0. The first-order chi connectivity index (χ1) is 11.3. The Hall–Kier alpha value is -1.33. The predicted octanol–water partition coefficient (Wildman–Crippen LogP) is 4.11. The zero-order valence-corrected chi connectivity index (χ0v) is 14.2. The van der Waals surface area contributed by atoms with Crippen molar-refractivity contribution in [3.05, 3.63) is 66.2 Å². The van der Waals surface area contributed by atoms with Crippen molar-refractivity contribution in [3.8, 4) is 0 Å². The van der Waals surface area contributed by atoms with E-state index in [0.717, 1.165) is 12.0 Å². The van der Waals surface area contributed by atoms with Crippen molar-refractivity contribution in [2.24, 2.45) is 0 Å². The molecule has 0 spiro atoms. The molecule has 2 aromatic rings. The number of hydrogen-bond donors (Lipinski definition) is 1. The normalized spacial score (nSPS) is 13.7. The van der Waals surface area contributed by atoms with Gasteiger partial charge in [-0.25, -0.2) is 0 Å². The van der Waals surface area contributed by atoms with Crippen LogP contribution in [0.2, 0.25) is 0 Å². The molecule has 0 radical (unpaired) electrons. The zero-order chi connectivity index (χ0) is 16.3. The fourth-order valence-electron chi connectivity index (χ4n) is 2.17. The lowest BCUT2D eigenvalue weighted by Gasteiger charge is -2.17. The van der Waals surface area contributed by atoms with Crippen LogP contribution in [0.25, 0.3) is 0 Å². The third-order valence-corrected chi connectivity index (χ3v) is 4.67. The molecule has 0 bridgehead atoms. The van der Waals surface area contributed by atoms with Crippen LogP contribution in [0.5, 0.6) is 0 Å². The molecular weight excluding hydrogens is 308 g/mol. The van der Waals surface area contributed by atoms with Gasteiger partial charge in [0.25, 0.3) is 0 Å². The van der Waals surface area contributed by atoms with Gasteiger partial charge in [-0.05, 0) is 30.5 Å². The number of benzene rings is 2. The van der Waals surface area contributed by atoms with Gasteiger partial charge in [0, 0.05) is 12.0 Å². The molecule has 23 heavy (non-hydrogen) atoms. The first-order valence-electron chi connectivity index (χ1n) is 7.82. The second-order valence-corrected chi connectivity index (χ2v) is 6.56. The second kappa shape index (κ2) is 10.4. The van der Waals surface area contributed by atoms with Gasteiger partial charge in [-0.15, -0.1) is 0 Å². The molecule has 2 atom stereocenters. The number of methoxy groups -OCH3 is 1. The molecule has 0 saturated carbocycles. The van der Waals surface area contributed by atoms with Gasteiger partial charge in [0.1, 0.15) is 5.44 Å². The molecule has 1 N–H and O–H groups in total. The molecule has 124 valence electrons. The lowest BCUT2D eigenvalue weighted by molar-refractivity contribution is 0.0188. The van der Waals surface area contributed by atoms with E-state index in [1.165, 1.54) is 4.90 Å². The summed E-state index contributed by atoms with van der Waals surface area (Å²) in [7, 11) is 1.71. The van der Waals surface area contributed by atoms with Gasteiger partial charge >= 0.3 is 0 Å². The predicted molar refractivity (Wildman–Crippen MR) is 94.4 cm³/mol. The Morgan fingerprint density at radius 1 is 0.957 bits per heavy atom. The molecule has 0 heterocycles. The summed E-state index contributed by atoms with van der Waals surface area (Å²) in [5, 5.41) is 10.0. The van der Waals surface area contributed by atoms with E-state index in [2.05, 4.69) is 12.1 Å². The molecule has 0 aliphatic rings. The van der Waals surface area contributed by atoms with Gasteiger partial charge in [-0.2, -0.15) is 0 Å². The molecular formula is C19H24O3S. The van der Waals surface area contributed by atoms with Crippen LogP contribution >= 0.6 is 11.8 Å². The van der Waals surface area contributed by atoms with E-state index in [9.17, 15) is 5.11 Å². The average molecular weight is 332 g/mol. The van der Waals surface area contributed by atoms with Gasteiger partial charge in [0.2, 0.25) is 0 Å². The van der Waals surface area contributed by atoms with Crippen molar-refractivity contribution in [2.45, 2.75) is 35.9 Å². The summed E-state index contributed by atoms with van der Waals surface area (Å²) in [4.78, 5) is 1.18. The molecule has 0 aliphatic heterocycles. The maximum Gasteiger partial charge on any atom is 0.107 e. The number of thioether (sulfide) groups is 1. The zero-order valence-electron chi connectivity index (χ0n) is 13.4. The van der Waals surface area contributed by atoms with E-state index >= 15 is 0 Å². The Morgan fingerprint density at radius 2 is 1.61 bits per heavy atom. The van der Waals surface area contributed by atoms with Crippen LogP contribution in [-0.2, 0) is 16.1 Å². The van der Waals surface area contributed by atoms with Crippen LogP contribution in [0, 0.1) is 0 Å².